The van der Waals surface area contributed by atoms with Crippen molar-refractivity contribution >= 4 is 5.78 Å². The van der Waals surface area contributed by atoms with Gasteiger partial charge in [-0.15, -0.1) is 0 Å². The Hall–Kier alpha value is -1.89. The molecule has 0 aliphatic carbocycles. The van der Waals surface area contributed by atoms with Crippen molar-refractivity contribution in [3.05, 3.63) is 71.8 Å². The monoisotopic (exact) mass is 212 g/mol. The van der Waals surface area contributed by atoms with E-state index in [-0.39, 0.29) is 5.78 Å². The number of carbonyl (C=O) groups is 1. The highest BCUT2D eigenvalue weighted by Crippen LogP contribution is 2.11. The number of ketones is 1. The SMILES string of the molecule is C=C/C=C(\C=C/C)C(=O)c1ccc(C)cc1. The number of benzene rings is 1. The van der Waals surface area contributed by atoms with Gasteiger partial charge in [0.25, 0.3) is 0 Å². The fourth-order valence-corrected chi connectivity index (χ4v) is 1.39. The zero-order valence-electron chi connectivity index (χ0n) is 9.73. The lowest BCUT2D eigenvalue weighted by atomic mass is 10.0. The molecule has 0 aliphatic heterocycles. The van der Waals surface area contributed by atoms with Crippen molar-refractivity contribution in [1.29, 1.82) is 0 Å². The summed E-state index contributed by atoms with van der Waals surface area (Å²) >= 11 is 0. The van der Waals surface area contributed by atoms with E-state index in [1.807, 2.05) is 44.2 Å². The fraction of sp³-hybridized carbons (Fsp3) is 0.133. The highest BCUT2D eigenvalue weighted by molar-refractivity contribution is 6.10. The van der Waals surface area contributed by atoms with Gasteiger partial charge in [0.2, 0.25) is 0 Å². The Morgan fingerprint density at radius 3 is 2.38 bits per heavy atom. The Labute approximate surface area is 96.8 Å². The van der Waals surface area contributed by atoms with Crippen LogP contribution in [-0.4, -0.2) is 5.78 Å². The number of carbonyl (C=O) groups excluding carboxylic acids is 1. The van der Waals surface area contributed by atoms with Crippen molar-refractivity contribution in [3.63, 3.8) is 0 Å². The largest absolute Gasteiger partial charge is 0.289 e. The molecule has 0 radical (unpaired) electrons. The number of hydrogen-bond donors (Lipinski definition) is 0. The number of hydrogen-bond acceptors (Lipinski definition) is 1. The molecule has 1 heteroatoms. The van der Waals surface area contributed by atoms with Crippen LogP contribution in [0.4, 0.5) is 0 Å². The fourth-order valence-electron chi connectivity index (χ4n) is 1.39. The van der Waals surface area contributed by atoms with Crippen molar-refractivity contribution in [1.82, 2.24) is 0 Å². The van der Waals surface area contributed by atoms with Gasteiger partial charge in [-0.1, -0.05) is 60.7 Å². The first-order chi connectivity index (χ1) is 7.69. The molecule has 0 aromatic heterocycles. The van der Waals surface area contributed by atoms with Crippen LogP contribution in [0.3, 0.4) is 0 Å². The van der Waals surface area contributed by atoms with E-state index in [0.29, 0.717) is 11.1 Å². The molecule has 82 valence electrons. The molecule has 0 aliphatic rings. The van der Waals surface area contributed by atoms with Crippen LogP contribution in [0.1, 0.15) is 22.8 Å². The van der Waals surface area contributed by atoms with Gasteiger partial charge in [-0.2, -0.15) is 0 Å². The van der Waals surface area contributed by atoms with E-state index >= 15 is 0 Å². The third-order valence-corrected chi connectivity index (χ3v) is 2.22. The number of aryl methyl sites for hydroxylation is 1. The van der Waals surface area contributed by atoms with E-state index in [1.54, 1.807) is 18.2 Å². The predicted octanol–water partition coefficient (Wildman–Crippen LogP) is 3.87. The zero-order valence-corrected chi connectivity index (χ0v) is 9.73. The number of rotatable bonds is 4. The third-order valence-electron chi connectivity index (χ3n) is 2.22. The predicted molar refractivity (Wildman–Crippen MR) is 68.6 cm³/mol. The summed E-state index contributed by atoms with van der Waals surface area (Å²) in [6, 6.07) is 7.57. The van der Waals surface area contributed by atoms with Gasteiger partial charge in [-0.05, 0) is 13.8 Å². The Kier molecular flexibility index (Phi) is 4.46. The summed E-state index contributed by atoms with van der Waals surface area (Å²) < 4.78 is 0. The minimum Gasteiger partial charge on any atom is -0.289 e. The van der Waals surface area contributed by atoms with Crippen LogP contribution >= 0.6 is 0 Å². The minimum atomic E-state index is 0.0259. The lowest BCUT2D eigenvalue weighted by Gasteiger charge is -2.01. The Bertz CT molecular complexity index is 433. The highest BCUT2D eigenvalue weighted by Gasteiger charge is 2.08. The van der Waals surface area contributed by atoms with Gasteiger partial charge in [0.1, 0.15) is 0 Å². The maximum Gasteiger partial charge on any atom is 0.193 e. The molecule has 0 N–H and O–H groups in total. The van der Waals surface area contributed by atoms with Gasteiger partial charge in [0.05, 0.1) is 0 Å². The summed E-state index contributed by atoms with van der Waals surface area (Å²) in [5.41, 5.74) is 2.51. The molecule has 16 heavy (non-hydrogen) atoms. The van der Waals surface area contributed by atoms with Gasteiger partial charge in [0, 0.05) is 11.1 Å². The Morgan fingerprint density at radius 1 is 1.25 bits per heavy atom. The molecule has 1 aromatic rings. The zero-order chi connectivity index (χ0) is 12.0. The molecule has 0 saturated heterocycles. The summed E-state index contributed by atoms with van der Waals surface area (Å²) in [5, 5.41) is 0. The van der Waals surface area contributed by atoms with Crippen LogP contribution in [0.5, 0.6) is 0 Å². The maximum atomic E-state index is 12.1. The molecule has 0 heterocycles. The molecule has 0 atom stereocenters. The van der Waals surface area contributed by atoms with Gasteiger partial charge < -0.3 is 0 Å². The third kappa shape index (κ3) is 3.06. The van der Waals surface area contributed by atoms with Gasteiger partial charge >= 0.3 is 0 Å². The molecule has 0 saturated carbocycles. The van der Waals surface area contributed by atoms with Crippen LogP contribution in [0.2, 0.25) is 0 Å². The molecule has 1 nitrogen and oxygen atoms in total. The van der Waals surface area contributed by atoms with E-state index in [0.717, 1.165) is 5.56 Å². The maximum absolute atomic E-state index is 12.1. The number of Topliss-reactive ketones (excluding diaryl/α,β-unsaturated/α-hetero) is 1. The normalized spacial score (nSPS) is 11.8. The van der Waals surface area contributed by atoms with Crippen LogP contribution in [-0.2, 0) is 0 Å². The minimum absolute atomic E-state index is 0.0259. The van der Waals surface area contributed by atoms with E-state index < -0.39 is 0 Å². The average molecular weight is 212 g/mol. The first kappa shape index (κ1) is 12.2. The molecular formula is C15H16O. The second-order valence-electron chi connectivity index (χ2n) is 3.55. The molecular weight excluding hydrogens is 196 g/mol. The quantitative estimate of drug-likeness (QED) is 0.420. The first-order valence-corrected chi connectivity index (χ1v) is 5.26. The Morgan fingerprint density at radius 2 is 1.88 bits per heavy atom. The topological polar surface area (TPSA) is 17.1 Å². The summed E-state index contributed by atoms with van der Waals surface area (Å²) in [4.78, 5) is 12.1. The molecule has 0 bridgehead atoms. The lowest BCUT2D eigenvalue weighted by Crippen LogP contribution is -2.01. The first-order valence-electron chi connectivity index (χ1n) is 5.26. The summed E-state index contributed by atoms with van der Waals surface area (Å²) in [5.74, 6) is 0.0259. The second-order valence-corrected chi connectivity index (χ2v) is 3.55. The van der Waals surface area contributed by atoms with E-state index in [1.165, 1.54) is 0 Å². The summed E-state index contributed by atoms with van der Waals surface area (Å²) in [6.45, 7) is 7.50. The van der Waals surface area contributed by atoms with Crippen LogP contribution < -0.4 is 0 Å². The van der Waals surface area contributed by atoms with Crippen molar-refractivity contribution in [2.45, 2.75) is 13.8 Å². The lowest BCUT2D eigenvalue weighted by molar-refractivity contribution is 0.103. The van der Waals surface area contributed by atoms with E-state index in [9.17, 15) is 4.79 Å². The molecule has 1 rings (SSSR count). The molecule has 1 aromatic carbocycles. The standard InChI is InChI=1S/C15H16O/c1-4-6-13(7-5-2)15(16)14-10-8-12(3)9-11-14/h4-11H,1H2,2-3H3/b7-5-,13-6+. The van der Waals surface area contributed by atoms with Crippen LogP contribution in [0, 0.1) is 6.92 Å². The van der Waals surface area contributed by atoms with Crippen molar-refractivity contribution in [2.24, 2.45) is 0 Å². The van der Waals surface area contributed by atoms with Crippen molar-refractivity contribution in [2.75, 3.05) is 0 Å². The van der Waals surface area contributed by atoms with Gasteiger partial charge in [-0.25, -0.2) is 0 Å². The molecule has 0 amide bonds. The Balaban J connectivity index is 3.04. The van der Waals surface area contributed by atoms with Crippen molar-refractivity contribution < 1.29 is 4.79 Å². The van der Waals surface area contributed by atoms with Crippen LogP contribution in [0.15, 0.2) is 60.7 Å². The molecule has 0 fully saturated rings. The smallest absolute Gasteiger partial charge is 0.193 e. The van der Waals surface area contributed by atoms with E-state index in [2.05, 4.69) is 6.58 Å². The molecule has 0 spiro atoms. The summed E-state index contributed by atoms with van der Waals surface area (Å²) in [6.07, 6.45) is 6.99. The number of allylic oxidation sites excluding steroid dienone is 5. The van der Waals surface area contributed by atoms with E-state index in [4.69, 9.17) is 0 Å². The second kappa shape index (κ2) is 5.86. The van der Waals surface area contributed by atoms with Crippen LogP contribution in [0.25, 0.3) is 0 Å². The van der Waals surface area contributed by atoms with Gasteiger partial charge in [0.15, 0.2) is 5.78 Å². The molecule has 0 unspecified atom stereocenters. The van der Waals surface area contributed by atoms with Gasteiger partial charge in [-0.3, -0.25) is 4.79 Å². The summed E-state index contributed by atoms with van der Waals surface area (Å²) in [7, 11) is 0. The average Bonchev–Trinajstić information content (AvgIpc) is 2.29. The highest BCUT2D eigenvalue weighted by atomic mass is 16.1. The van der Waals surface area contributed by atoms with Crippen molar-refractivity contribution in [3.8, 4) is 0 Å².